The summed E-state index contributed by atoms with van der Waals surface area (Å²) in [5, 5.41) is 16.1. The Morgan fingerprint density at radius 1 is 1.33 bits per heavy atom. The van der Waals surface area contributed by atoms with Crippen LogP contribution in [0.3, 0.4) is 0 Å². The van der Waals surface area contributed by atoms with Gasteiger partial charge >= 0.3 is 5.97 Å². The minimum Gasteiger partial charge on any atom is -0.478 e. The van der Waals surface area contributed by atoms with Gasteiger partial charge in [0.1, 0.15) is 11.4 Å². The summed E-state index contributed by atoms with van der Waals surface area (Å²) in [5.41, 5.74) is 1.61. The number of carbonyl (C=O) groups is 1. The maximum absolute atomic E-state index is 13.1. The SMILES string of the molecule is O=C(O)c1cn[nH]c1-c1cc2ccc(F)cc2[nH]1. The van der Waals surface area contributed by atoms with Crippen molar-refractivity contribution in [2.75, 3.05) is 0 Å². The van der Waals surface area contributed by atoms with Gasteiger partial charge in [-0.2, -0.15) is 5.10 Å². The number of hydrogen-bond donors (Lipinski definition) is 3. The molecule has 0 amide bonds. The first-order valence-corrected chi connectivity index (χ1v) is 5.20. The van der Waals surface area contributed by atoms with E-state index in [4.69, 9.17) is 5.11 Å². The van der Waals surface area contributed by atoms with Gasteiger partial charge in [-0.15, -0.1) is 0 Å². The third kappa shape index (κ3) is 1.55. The lowest BCUT2D eigenvalue weighted by molar-refractivity contribution is 0.0698. The minimum atomic E-state index is -1.07. The summed E-state index contributed by atoms with van der Waals surface area (Å²) in [5.74, 6) is -1.41. The maximum atomic E-state index is 13.1. The van der Waals surface area contributed by atoms with Gasteiger partial charge in [0, 0.05) is 10.9 Å². The number of carboxylic acids is 1. The van der Waals surface area contributed by atoms with Crippen molar-refractivity contribution < 1.29 is 14.3 Å². The van der Waals surface area contributed by atoms with Gasteiger partial charge in [-0.25, -0.2) is 9.18 Å². The topological polar surface area (TPSA) is 81.8 Å². The number of aromatic amines is 2. The molecule has 0 aliphatic carbocycles. The van der Waals surface area contributed by atoms with Crippen LogP contribution in [0.5, 0.6) is 0 Å². The Balaban J connectivity index is 2.19. The summed E-state index contributed by atoms with van der Waals surface area (Å²) in [6.45, 7) is 0. The standard InChI is InChI=1S/C12H8FN3O2/c13-7-2-1-6-3-10(15-9(6)4-7)11-8(12(17)18)5-14-16-11/h1-5,15H,(H,14,16)(H,17,18). The molecule has 3 N–H and O–H groups in total. The fourth-order valence-electron chi connectivity index (χ4n) is 1.89. The number of carboxylic acid groups (broad SMARTS) is 1. The van der Waals surface area contributed by atoms with E-state index < -0.39 is 5.97 Å². The van der Waals surface area contributed by atoms with E-state index in [0.29, 0.717) is 16.9 Å². The second-order valence-electron chi connectivity index (χ2n) is 3.88. The molecule has 6 heteroatoms. The van der Waals surface area contributed by atoms with Gasteiger partial charge in [-0.1, -0.05) is 0 Å². The number of hydrogen-bond acceptors (Lipinski definition) is 2. The normalized spacial score (nSPS) is 10.9. The molecule has 0 saturated heterocycles. The Morgan fingerprint density at radius 3 is 2.94 bits per heavy atom. The van der Waals surface area contributed by atoms with Crippen molar-refractivity contribution in [2.45, 2.75) is 0 Å². The quantitative estimate of drug-likeness (QED) is 0.648. The van der Waals surface area contributed by atoms with Crippen LogP contribution >= 0.6 is 0 Å². The molecule has 2 heterocycles. The van der Waals surface area contributed by atoms with Crippen molar-refractivity contribution in [3.63, 3.8) is 0 Å². The number of aromatic nitrogens is 3. The third-order valence-electron chi connectivity index (χ3n) is 2.72. The largest absolute Gasteiger partial charge is 0.478 e. The summed E-state index contributed by atoms with van der Waals surface area (Å²) >= 11 is 0. The number of nitrogens with one attached hydrogen (secondary N) is 2. The molecule has 0 bridgehead atoms. The van der Waals surface area contributed by atoms with Crippen LogP contribution in [-0.4, -0.2) is 26.3 Å². The van der Waals surface area contributed by atoms with E-state index in [9.17, 15) is 9.18 Å². The summed E-state index contributed by atoms with van der Waals surface area (Å²) in [6, 6.07) is 6.08. The van der Waals surface area contributed by atoms with Crippen molar-refractivity contribution in [2.24, 2.45) is 0 Å². The molecule has 0 fully saturated rings. The number of H-pyrrole nitrogens is 2. The first-order valence-electron chi connectivity index (χ1n) is 5.20. The number of nitrogens with zero attached hydrogens (tertiary/aromatic N) is 1. The van der Waals surface area contributed by atoms with Gasteiger partial charge in [0.15, 0.2) is 0 Å². The van der Waals surface area contributed by atoms with Crippen molar-refractivity contribution in [1.82, 2.24) is 15.2 Å². The molecule has 5 nitrogen and oxygen atoms in total. The zero-order chi connectivity index (χ0) is 12.7. The number of rotatable bonds is 2. The van der Waals surface area contributed by atoms with Crippen LogP contribution in [-0.2, 0) is 0 Å². The Hall–Kier alpha value is -2.63. The molecule has 2 aromatic heterocycles. The average molecular weight is 245 g/mol. The molecule has 0 spiro atoms. The molecule has 0 radical (unpaired) electrons. The highest BCUT2D eigenvalue weighted by molar-refractivity contribution is 5.96. The monoisotopic (exact) mass is 245 g/mol. The van der Waals surface area contributed by atoms with E-state index in [1.807, 2.05) is 0 Å². The molecule has 3 rings (SSSR count). The van der Waals surface area contributed by atoms with Gasteiger partial charge in [0.25, 0.3) is 0 Å². The highest BCUT2D eigenvalue weighted by Crippen LogP contribution is 2.25. The van der Waals surface area contributed by atoms with E-state index in [1.165, 1.54) is 18.3 Å². The van der Waals surface area contributed by atoms with Crippen molar-refractivity contribution in [3.05, 3.63) is 41.8 Å². The van der Waals surface area contributed by atoms with Crippen LogP contribution in [0.1, 0.15) is 10.4 Å². The first kappa shape index (κ1) is 10.5. The molecule has 0 atom stereocenters. The lowest BCUT2D eigenvalue weighted by Crippen LogP contribution is -1.96. The maximum Gasteiger partial charge on any atom is 0.339 e. The summed E-state index contributed by atoms with van der Waals surface area (Å²) in [4.78, 5) is 14.0. The van der Waals surface area contributed by atoms with Crippen LogP contribution < -0.4 is 0 Å². The van der Waals surface area contributed by atoms with Gasteiger partial charge in [-0.3, -0.25) is 5.10 Å². The molecule has 0 saturated carbocycles. The van der Waals surface area contributed by atoms with Crippen LogP contribution in [0.4, 0.5) is 4.39 Å². The van der Waals surface area contributed by atoms with Gasteiger partial charge < -0.3 is 10.1 Å². The number of aromatic carboxylic acids is 1. The molecule has 0 aliphatic heterocycles. The van der Waals surface area contributed by atoms with E-state index >= 15 is 0 Å². The van der Waals surface area contributed by atoms with Gasteiger partial charge in [-0.05, 0) is 24.3 Å². The molecule has 1 aromatic carbocycles. The number of benzene rings is 1. The Kier molecular flexibility index (Phi) is 2.16. The Bertz CT molecular complexity index is 745. The van der Waals surface area contributed by atoms with Crippen LogP contribution in [0.25, 0.3) is 22.3 Å². The summed E-state index contributed by atoms with van der Waals surface area (Å²) < 4.78 is 13.1. The third-order valence-corrected chi connectivity index (χ3v) is 2.72. The Morgan fingerprint density at radius 2 is 2.17 bits per heavy atom. The van der Waals surface area contributed by atoms with E-state index in [-0.39, 0.29) is 11.4 Å². The zero-order valence-corrected chi connectivity index (χ0v) is 9.07. The molecular weight excluding hydrogens is 237 g/mol. The molecule has 0 unspecified atom stereocenters. The van der Waals surface area contributed by atoms with E-state index in [2.05, 4.69) is 15.2 Å². The van der Waals surface area contributed by atoms with Gasteiger partial charge in [0.2, 0.25) is 0 Å². The van der Waals surface area contributed by atoms with Crippen LogP contribution in [0.15, 0.2) is 30.5 Å². The lowest BCUT2D eigenvalue weighted by Gasteiger charge is -1.94. The van der Waals surface area contributed by atoms with Gasteiger partial charge in [0.05, 0.1) is 17.6 Å². The second kappa shape index (κ2) is 3.69. The predicted molar refractivity (Wildman–Crippen MR) is 62.8 cm³/mol. The van der Waals surface area contributed by atoms with Crippen molar-refractivity contribution in [1.29, 1.82) is 0 Å². The zero-order valence-electron chi connectivity index (χ0n) is 9.07. The van der Waals surface area contributed by atoms with Crippen LogP contribution in [0.2, 0.25) is 0 Å². The second-order valence-corrected chi connectivity index (χ2v) is 3.88. The summed E-state index contributed by atoms with van der Waals surface area (Å²) in [7, 11) is 0. The van der Waals surface area contributed by atoms with Crippen molar-refractivity contribution in [3.8, 4) is 11.4 Å². The lowest BCUT2D eigenvalue weighted by atomic mass is 10.2. The smallest absolute Gasteiger partial charge is 0.339 e. The molecule has 18 heavy (non-hydrogen) atoms. The highest BCUT2D eigenvalue weighted by atomic mass is 19.1. The predicted octanol–water partition coefficient (Wildman–Crippen LogP) is 2.40. The molecule has 90 valence electrons. The van der Waals surface area contributed by atoms with E-state index in [0.717, 1.165) is 5.39 Å². The minimum absolute atomic E-state index is 0.0713. The fraction of sp³-hybridized carbons (Fsp3) is 0. The molecule has 0 aliphatic rings. The summed E-state index contributed by atoms with van der Waals surface area (Å²) in [6.07, 6.45) is 1.24. The fourth-order valence-corrected chi connectivity index (χ4v) is 1.89. The highest BCUT2D eigenvalue weighted by Gasteiger charge is 2.15. The average Bonchev–Trinajstić information content (AvgIpc) is 2.93. The molecular formula is C12H8FN3O2. The van der Waals surface area contributed by atoms with Crippen molar-refractivity contribution >= 4 is 16.9 Å². The van der Waals surface area contributed by atoms with Crippen LogP contribution in [0, 0.1) is 5.82 Å². The number of halogens is 1. The Labute approximate surface area is 100 Å². The molecule has 3 aromatic rings. The van der Waals surface area contributed by atoms with E-state index in [1.54, 1.807) is 12.1 Å². The number of fused-ring (bicyclic) bond motifs is 1. The first-order chi connectivity index (χ1) is 8.65.